The van der Waals surface area contributed by atoms with Gasteiger partial charge >= 0.3 is 12.1 Å². The van der Waals surface area contributed by atoms with Crippen molar-refractivity contribution in [2.45, 2.75) is 37.8 Å². The van der Waals surface area contributed by atoms with E-state index in [1.165, 1.54) is 13.8 Å². The maximum absolute atomic E-state index is 12.5. The number of aliphatic hydroxyl groups excluding tert-OH is 1. The van der Waals surface area contributed by atoms with Crippen molar-refractivity contribution in [3.8, 4) is 11.1 Å². The quantitative estimate of drug-likeness (QED) is 0.513. The Morgan fingerprint density at radius 1 is 1.03 bits per heavy atom. The molecule has 0 saturated heterocycles. The minimum Gasteiger partial charge on any atom is -0.480 e. The van der Waals surface area contributed by atoms with Crippen LogP contribution >= 0.6 is 0 Å². The summed E-state index contributed by atoms with van der Waals surface area (Å²) in [4.78, 5) is 36.1. The first-order valence-electron chi connectivity index (χ1n) is 10.0. The molecule has 3 rings (SSSR count). The van der Waals surface area contributed by atoms with Crippen molar-refractivity contribution in [3.05, 3.63) is 59.7 Å². The highest BCUT2D eigenvalue weighted by Gasteiger charge is 2.34. The third-order valence-electron chi connectivity index (χ3n) is 5.35. The fourth-order valence-electron chi connectivity index (χ4n) is 3.67. The number of benzene rings is 2. The summed E-state index contributed by atoms with van der Waals surface area (Å²) >= 11 is 0. The zero-order valence-corrected chi connectivity index (χ0v) is 17.4. The first-order chi connectivity index (χ1) is 14.7. The van der Waals surface area contributed by atoms with Crippen LogP contribution < -0.4 is 10.6 Å². The van der Waals surface area contributed by atoms with Gasteiger partial charge in [0.1, 0.15) is 18.2 Å². The van der Waals surface area contributed by atoms with Crippen LogP contribution in [0.4, 0.5) is 4.79 Å². The van der Waals surface area contributed by atoms with Crippen LogP contribution in [0.5, 0.6) is 0 Å². The summed E-state index contributed by atoms with van der Waals surface area (Å²) in [5.74, 6) is -2.07. The number of fused-ring (bicyclic) bond motifs is 3. The normalized spacial score (nSPS) is 13.6. The Balaban J connectivity index is 1.63. The molecule has 0 bridgehead atoms. The molecule has 0 aliphatic heterocycles. The van der Waals surface area contributed by atoms with Crippen molar-refractivity contribution < 1.29 is 29.3 Å². The number of aliphatic hydroxyl groups is 1. The van der Waals surface area contributed by atoms with E-state index in [1.54, 1.807) is 0 Å². The summed E-state index contributed by atoms with van der Waals surface area (Å²) < 4.78 is 5.44. The Kier molecular flexibility index (Phi) is 6.60. The lowest BCUT2D eigenvalue weighted by Gasteiger charge is -2.27. The van der Waals surface area contributed by atoms with Crippen LogP contribution in [0, 0.1) is 0 Å². The number of nitrogens with one attached hydrogen (secondary N) is 2. The van der Waals surface area contributed by atoms with Crippen LogP contribution in [0.25, 0.3) is 11.1 Å². The number of carbonyl (C=O) groups is 3. The average molecular weight is 426 g/mol. The SMILES string of the molecule is CC(C)(NC(=O)OCC1c2ccccc2-c2ccccc21)C(=O)N[C@@H](CCO)C(=O)O. The predicted molar refractivity (Wildman–Crippen MR) is 114 cm³/mol. The summed E-state index contributed by atoms with van der Waals surface area (Å²) in [7, 11) is 0. The highest BCUT2D eigenvalue weighted by Crippen LogP contribution is 2.44. The van der Waals surface area contributed by atoms with Crippen molar-refractivity contribution in [2.24, 2.45) is 0 Å². The average Bonchev–Trinajstić information content (AvgIpc) is 3.05. The third kappa shape index (κ3) is 4.86. The molecule has 0 spiro atoms. The zero-order valence-electron chi connectivity index (χ0n) is 17.4. The number of aliphatic carboxylic acids is 1. The van der Waals surface area contributed by atoms with E-state index < -0.39 is 36.2 Å². The largest absolute Gasteiger partial charge is 0.480 e. The molecule has 0 unspecified atom stereocenters. The number of rotatable bonds is 8. The second-order valence-electron chi connectivity index (χ2n) is 7.95. The number of carbonyl (C=O) groups excluding carboxylic acids is 2. The van der Waals surface area contributed by atoms with Crippen molar-refractivity contribution in [3.63, 3.8) is 0 Å². The molecule has 2 aromatic carbocycles. The van der Waals surface area contributed by atoms with E-state index in [2.05, 4.69) is 10.6 Å². The first kappa shape index (κ1) is 22.3. The number of amides is 2. The summed E-state index contributed by atoms with van der Waals surface area (Å²) in [5.41, 5.74) is 2.94. The van der Waals surface area contributed by atoms with Crippen LogP contribution in [0.1, 0.15) is 37.3 Å². The first-order valence-corrected chi connectivity index (χ1v) is 10.0. The number of carboxylic acid groups (broad SMARTS) is 1. The van der Waals surface area contributed by atoms with Crippen LogP contribution in [0.3, 0.4) is 0 Å². The van der Waals surface area contributed by atoms with E-state index in [0.29, 0.717) is 0 Å². The topological polar surface area (TPSA) is 125 Å². The van der Waals surface area contributed by atoms with Gasteiger partial charge in [-0.3, -0.25) is 4.79 Å². The summed E-state index contributed by atoms with van der Waals surface area (Å²) in [6.07, 6.45) is -0.918. The zero-order chi connectivity index (χ0) is 22.6. The highest BCUT2D eigenvalue weighted by molar-refractivity contribution is 5.92. The van der Waals surface area contributed by atoms with Crippen molar-refractivity contribution in [2.75, 3.05) is 13.2 Å². The van der Waals surface area contributed by atoms with E-state index in [0.717, 1.165) is 22.3 Å². The van der Waals surface area contributed by atoms with Gasteiger partial charge in [-0.2, -0.15) is 0 Å². The Morgan fingerprint density at radius 2 is 1.58 bits per heavy atom. The Morgan fingerprint density at radius 3 is 2.10 bits per heavy atom. The maximum atomic E-state index is 12.5. The summed E-state index contributed by atoms with van der Waals surface area (Å²) in [5, 5.41) is 22.9. The maximum Gasteiger partial charge on any atom is 0.408 e. The molecule has 2 amide bonds. The van der Waals surface area contributed by atoms with Crippen molar-refractivity contribution >= 4 is 18.0 Å². The van der Waals surface area contributed by atoms with Crippen LogP contribution in [-0.2, 0) is 14.3 Å². The molecule has 8 nitrogen and oxygen atoms in total. The lowest BCUT2D eigenvalue weighted by Crippen LogP contribution is -2.58. The highest BCUT2D eigenvalue weighted by atomic mass is 16.5. The number of hydrogen-bond acceptors (Lipinski definition) is 5. The molecule has 1 atom stereocenters. The summed E-state index contributed by atoms with van der Waals surface area (Å²) in [6, 6.07) is 14.6. The molecule has 0 fully saturated rings. The Bertz CT molecular complexity index is 942. The third-order valence-corrected chi connectivity index (χ3v) is 5.35. The molecule has 0 saturated carbocycles. The van der Waals surface area contributed by atoms with Gasteiger partial charge in [0.05, 0.1) is 0 Å². The van der Waals surface area contributed by atoms with Crippen LogP contribution in [0.15, 0.2) is 48.5 Å². The summed E-state index contributed by atoms with van der Waals surface area (Å²) in [6.45, 7) is 2.60. The molecule has 0 heterocycles. The van der Waals surface area contributed by atoms with Gasteiger partial charge in [0.15, 0.2) is 0 Å². The monoisotopic (exact) mass is 426 g/mol. The molecular formula is C23H26N2O6. The van der Waals surface area contributed by atoms with Gasteiger partial charge in [0.2, 0.25) is 5.91 Å². The molecule has 1 aliphatic rings. The number of hydrogen-bond donors (Lipinski definition) is 4. The minimum absolute atomic E-state index is 0.0970. The smallest absolute Gasteiger partial charge is 0.408 e. The number of carboxylic acids is 1. The molecule has 31 heavy (non-hydrogen) atoms. The fourth-order valence-corrected chi connectivity index (χ4v) is 3.67. The molecule has 1 aliphatic carbocycles. The molecule has 2 aromatic rings. The van der Waals surface area contributed by atoms with E-state index in [9.17, 15) is 14.4 Å². The van der Waals surface area contributed by atoms with Gasteiger partial charge in [0, 0.05) is 18.9 Å². The van der Waals surface area contributed by atoms with Crippen molar-refractivity contribution in [1.82, 2.24) is 10.6 Å². The molecule has 0 radical (unpaired) electrons. The lowest BCUT2D eigenvalue weighted by molar-refractivity contribution is -0.143. The molecule has 4 N–H and O–H groups in total. The van der Waals surface area contributed by atoms with Crippen LogP contribution in [0.2, 0.25) is 0 Å². The van der Waals surface area contributed by atoms with Crippen molar-refractivity contribution in [1.29, 1.82) is 0 Å². The van der Waals surface area contributed by atoms with Gasteiger partial charge in [-0.1, -0.05) is 48.5 Å². The standard InChI is InChI=1S/C23H26N2O6/c1-23(2,21(29)24-19(11-12-26)20(27)28)25-22(30)31-13-18-16-9-5-3-7-14(16)15-8-4-6-10-17(15)18/h3-10,18-19,26H,11-13H2,1-2H3,(H,24,29)(H,25,30)(H,27,28)/t19-/m0/s1. The van der Waals surface area contributed by atoms with E-state index >= 15 is 0 Å². The second kappa shape index (κ2) is 9.18. The Labute approximate surface area is 180 Å². The Hall–Kier alpha value is -3.39. The van der Waals surface area contributed by atoms with Crippen LogP contribution in [-0.4, -0.2) is 53.0 Å². The van der Waals surface area contributed by atoms with Gasteiger partial charge in [0.25, 0.3) is 0 Å². The molecule has 0 aromatic heterocycles. The minimum atomic E-state index is -1.41. The van der Waals surface area contributed by atoms with E-state index in [1.807, 2.05) is 48.5 Å². The van der Waals surface area contributed by atoms with E-state index in [4.69, 9.17) is 14.9 Å². The molecule has 8 heteroatoms. The fraction of sp³-hybridized carbons (Fsp3) is 0.348. The second-order valence-corrected chi connectivity index (χ2v) is 7.95. The number of ether oxygens (including phenoxy) is 1. The lowest BCUT2D eigenvalue weighted by atomic mass is 9.98. The van der Waals surface area contributed by atoms with Gasteiger partial charge in [-0.15, -0.1) is 0 Å². The van der Waals surface area contributed by atoms with Gasteiger partial charge in [-0.25, -0.2) is 9.59 Å². The molecule has 164 valence electrons. The van der Waals surface area contributed by atoms with E-state index in [-0.39, 0.29) is 18.9 Å². The van der Waals surface area contributed by atoms with Gasteiger partial charge < -0.3 is 25.6 Å². The van der Waals surface area contributed by atoms with Gasteiger partial charge in [-0.05, 0) is 36.1 Å². The number of alkyl carbamates (subject to hydrolysis) is 1. The molecular weight excluding hydrogens is 400 g/mol. The predicted octanol–water partition coefficient (Wildman–Crippen LogP) is 2.26.